The Morgan fingerprint density at radius 2 is 1.87 bits per heavy atom. The molecule has 2 aromatic carbocycles. The summed E-state index contributed by atoms with van der Waals surface area (Å²) >= 11 is 7.42. The van der Waals surface area contributed by atoms with E-state index in [2.05, 4.69) is 26.2 Å². The van der Waals surface area contributed by atoms with Crippen molar-refractivity contribution in [2.75, 3.05) is 10.6 Å². The number of aromatic nitrogens is 4. The summed E-state index contributed by atoms with van der Waals surface area (Å²) in [6.07, 6.45) is 1.35. The first kappa shape index (κ1) is 19.7. The lowest BCUT2D eigenvalue weighted by Gasteiger charge is -2.11. The third-order valence-electron chi connectivity index (χ3n) is 4.03. The molecule has 4 rings (SSSR count). The zero-order chi connectivity index (χ0) is 21.1. The molecular formula is C19H12ClFN6O2S. The summed E-state index contributed by atoms with van der Waals surface area (Å²) < 4.78 is 15.5. The van der Waals surface area contributed by atoms with E-state index in [0.717, 1.165) is 0 Å². The topological polar surface area (TPSA) is 102 Å². The van der Waals surface area contributed by atoms with E-state index in [1.807, 2.05) is 0 Å². The van der Waals surface area contributed by atoms with E-state index in [9.17, 15) is 14.0 Å². The maximum Gasteiger partial charge on any atom is 0.265 e. The zero-order valence-electron chi connectivity index (χ0n) is 15.0. The number of tetrazole rings is 1. The summed E-state index contributed by atoms with van der Waals surface area (Å²) in [6, 6.07) is 11.9. The largest absolute Gasteiger partial charge is 0.320 e. The van der Waals surface area contributed by atoms with Gasteiger partial charge in [-0.3, -0.25) is 9.59 Å². The van der Waals surface area contributed by atoms with E-state index >= 15 is 0 Å². The van der Waals surface area contributed by atoms with Crippen molar-refractivity contribution in [3.05, 3.63) is 81.5 Å². The van der Waals surface area contributed by atoms with Crippen LogP contribution in [0.2, 0.25) is 5.02 Å². The molecule has 0 aliphatic rings. The number of nitrogens with zero attached hydrogens (tertiary/aromatic N) is 4. The van der Waals surface area contributed by atoms with Gasteiger partial charge >= 0.3 is 0 Å². The predicted octanol–water partition coefficient (Wildman–Crippen LogP) is 4.02. The molecule has 8 nitrogen and oxygen atoms in total. The molecule has 0 unspecified atom stereocenters. The van der Waals surface area contributed by atoms with Crippen molar-refractivity contribution in [1.29, 1.82) is 0 Å². The minimum absolute atomic E-state index is 0.0490. The van der Waals surface area contributed by atoms with E-state index in [1.54, 1.807) is 17.5 Å². The van der Waals surface area contributed by atoms with E-state index in [1.165, 1.54) is 58.7 Å². The maximum absolute atomic E-state index is 14.2. The third-order valence-corrected chi connectivity index (χ3v) is 5.23. The van der Waals surface area contributed by atoms with Gasteiger partial charge in [0.2, 0.25) is 0 Å². The normalized spacial score (nSPS) is 10.6. The van der Waals surface area contributed by atoms with Crippen molar-refractivity contribution in [2.24, 2.45) is 0 Å². The molecule has 0 bridgehead atoms. The molecule has 0 aliphatic carbocycles. The highest BCUT2D eigenvalue weighted by Gasteiger charge is 2.15. The van der Waals surface area contributed by atoms with Crippen molar-refractivity contribution in [3.8, 4) is 5.69 Å². The Morgan fingerprint density at radius 3 is 2.60 bits per heavy atom. The average molecular weight is 443 g/mol. The van der Waals surface area contributed by atoms with Crippen LogP contribution in [0.25, 0.3) is 5.69 Å². The molecule has 0 fully saturated rings. The minimum Gasteiger partial charge on any atom is -0.320 e. The second kappa shape index (κ2) is 8.39. The summed E-state index contributed by atoms with van der Waals surface area (Å²) in [5.74, 6) is -1.55. The number of carbonyl (C=O) groups excluding carboxylic acids is 2. The van der Waals surface area contributed by atoms with Crippen LogP contribution in [-0.4, -0.2) is 32.0 Å². The van der Waals surface area contributed by atoms with Crippen LogP contribution in [0.5, 0.6) is 0 Å². The fourth-order valence-corrected chi connectivity index (χ4v) is 3.36. The van der Waals surface area contributed by atoms with Crippen molar-refractivity contribution in [1.82, 2.24) is 20.2 Å². The van der Waals surface area contributed by atoms with Crippen LogP contribution in [0.3, 0.4) is 0 Å². The molecule has 2 N–H and O–H groups in total. The van der Waals surface area contributed by atoms with E-state index in [0.29, 0.717) is 10.6 Å². The average Bonchev–Trinajstić information content (AvgIpc) is 3.45. The summed E-state index contributed by atoms with van der Waals surface area (Å²) in [6.45, 7) is 0. The lowest BCUT2D eigenvalue weighted by Crippen LogP contribution is -2.15. The Labute approximate surface area is 178 Å². The molecule has 30 heavy (non-hydrogen) atoms. The first-order valence-corrected chi connectivity index (χ1v) is 9.76. The maximum atomic E-state index is 14.2. The van der Waals surface area contributed by atoms with Crippen LogP contribution in [0.1, 0.15) is 20.0 Å². The molecule has 0 radical (unpaired) electrons. The van der Waals surface area contributed by atoms with Gasteiger partial charge in [0.25, 0.3) is 11.8 Å². The summed E-state index contributed by atoms with van der Waals surface area (Å²) in [4.78, 5) is 25.4. The molecule has 0 aliphatic heterocycles. The van der Waals surface area contributed by atoms with E-state index < -0.39 is 11.7 Å². The summed E-state index contributed by atoms with van der Waals surface area (Å²) in [5, 5.41) is 18.0. The lowest BCUT2D eigenvalue weighted by molar-refractivity contribution is 0.101. The number of halogens is 2. The number of anilines is 2. The molecule has 150 valence electrons. The minimum atomic E-state index is -0.625. The second-order valence-electron chi connectivity index (χ2n) is 6.00. The van der Waals surface area contributed by atoms with Crippen molar-refractivity contribution >= 4 is 46.1 Å². The molecule has 2 aromatic heterocycles. The Hall–Kier alpha value is -3.63. The van der Waals surface area contributed by atoms with Gasteiger partial charge in [-0.1, -0.05) is 17.7 Å². The molecule has 2 amide bonds. The summed E-state index contributed by atoms with van der Waals surface area (Å²) in [5.41, 5.74) is 0.877. The van der Waals surface area contributed by atoms with Crippen LogP contribution in [-0.2, 0) is 0 Å². The van der Waals surface area contributed by atoms with Crippen LogP contribution >= 0.6 is 22.9 Å². The van der Waals surface area contributed by atoms with Gasteiger partial charge in [-0.2, -0.15) is 0 Å². The van der Waals surface area contributed by atoms with Gasteiger partial charge in [0.05, 0.1) is 27.0 Å². The second-order valence-corrected chi connectivity index (χ2v) is 7.35. The first-order chi connectivity index (χ1) is 14.5. The molecule has 0 saturated heterocycles. The Bertz CT molecular complexity index is 1210. The van der Waals surface area contributed by atoms with E-state index in [4.69, 9.17) is 11.6 Å². The van der Waals surface area contributed by atoms with Crippen molar-refractivity contribution in [3.63, 3.8) is 0 Å². The number of thiophene rings is 1. The Morgan fingerprint density at radius 1 is 1.03 bits per heavy atom. The number of carbonyl (C=O) groups is 2. The number of benzene rings is 2. The standard InChI is InChI=1S/C19H12ClFN6O2S/c20-13-5-3-11(8-15(13)23-19(29)17-2-1-7-30-17)18(28)24-16-9-12(4-6-14(16)21)27-10-22-25-26-27/h1-10H,(H,23,29)(H,24,28). The Kier molecular flexibility index (Phi) is 5.50. The van der Waals surface area contributed by atoms with Gasteiger partial charge in [-0.25, -0.2) is 9.07 Å². The highest BCUT2D eigenvalue weighted by molar-refractivity contribution is 7.12. The van der Waals surface area contributed by atoms with Gasteiger partial charge in [0.1, 0.15) is 12.1 Å². The predicted molar refractivity (Wildman–Crippen MR) is 111 cm³/mol. The van der Waals surface area contributed by atoms with Gasteiger partial charge in [0, 0.05) is 5.56 Å². The fourth-order valence-electron chi connectivity index (χ4n) is 2.58. The fraction of sp³-hybridized carbons (Fsp3) is 0. The van der Waals surface area contributed by atoms with Crippen LogP contribution in [0, 0.1) is 5.82 Å². The number of nitrogens with one attached hydrogen (secondary N) is 2. The number of amides is 2. The molecule has 0 saturated carbocycles. The monoisotopic (exact) mass is 442 g/mol. The van der Waals surface area contributed by atoms with Crippen LogP contribution in [0.4, 0.5) is 15.8 Å². The molecule has 0 spiro atoms. The van der Waals surface area contributed by atoms with Gasteiger partial charge in [-0.15, -0.1) is 16.4 Å². The number of hydrogen-bond acceptors (Lipinski definition) is 6. The summed E-state index contributed by atoms with van der Waals surface area (Å²) in [7, 11) is 0. The SMILES string of the molecule is O=C(Nc1cc(-n2cnnn2)ccc1F)c1ccc(Cl)c(NC(=O)c2cccs2)c1. The van der Waals surface area contributed by atoms with Crippen molar-refractivity contribution in [2.45, 2.75) is 0 Å². The quantitative estimate of drug-likeness (QED) is 0.486. The zero-order valence-corrected chi connectivity index (χ0v) is 16.6. The molecule has 0 atom stereocenters. The van der Waals surface area contributed by atoms with Gasteiger partial charge in [-0.05, 0) is 58.3 Å². The smallest absolute Gasteiger partial charge is 0.265 e. The molecule has 2 heterocycles. The molecule has 11 heteroatoms. The third kappa shape index (κ3) is 4.19. The lowest BCUT2D eigenvalue weighted by atomic mass is 10.1. The molecular weight excluding hydrogens is 431 g/mol. The van der Waals surface area contributed by atoms with Gasteiger partial charge in [0.15, 0.2) is 0 Å². The Balaban J connectivity index is 1.55. The number of hydrogen-bond donors (Lipinski definition) is 2. The van der Waals surface area contributed by atoms with Crippen LogP contribution < -0.4 is 10.6 Å². The van der Waals surface area contributed by atoms with Gasteiger partial charge < -0.3 is 10.6 Å². The number of rotatable bonds is 5. The highest BCUT2D eigenvalue weighted by atomic mass is 35.5. The van der Waals surface area contributed by atoms with E-state index in [-0.39, 0.29) is 27.9 Å². The van der Waals surface area contributed by atoms with Crippen LogP contribution in [0.15, 0.2) is 60.2 Å². The first-order valence-electron chi connectivity index (χ1n) is 8.50. The highest BCUT2D eigenvalue weighted by Crippen LogP contribution is 2.26. The molecule has 4 aromatic rings. The van der Waals surface area contributed by atoms with Crippen molar-refractivity contribution < 1.29 is 14.0 Å².